The van der Waals surface area contributed by atoms with Crippen molar-refractivity contribution in [3.8, 4) is 0 Å². The summed E-state index contributed by atoms with van der Waals surface area (Å²) < 4.78 is 11.5. The van der Waals surface area contributed by atoms with Gasteiger partial charge in [-0.15, -0.1) is 0 Å². The van der Waals surface area contributed by atoms with Crippen LogP contribution in [0, 0.1) is 23.7 Å². The molecule has 4 rings (SSSR count). The fourth-order valence-corrected chi connectivity index (χ4v) is 9.13. The van der Waals surface area contributed by atoms with Crippen molar-refractivity contribution in [2.24, 2.45) is 23.7 Å². The second kappa shape index (κ2) is 24.5. The van der Waals surface area contributed by atoms with Crippen molar-refractivity contribution in [1.29, 1.82) is 0 Å². The van der Waals surface area contributed by atoms with Crippen LogP contribution in [0.4, 0.5) is 0 Å². The Morgan fingerprint density at radius 1 is 0.788 bits per heavy atom. The number of nitrogens with zero attached hydrogens (tertiary/aromatic N) is 4. The smallest absolute Gasteiger partial charge is 0.329 e. The van der Waals surface area contributed by atoms with Gasteiger partial charge in [0.05, 0.1) is 7.11 Å². The van der Waals surface area contributed by atoms with E-state index in [1.54, 1.807) is 34.7 Å². The Morgan fingerprint density at radius 3 is 1.98 bits per heavy atom. The summed E-state index contributed by atoms with van der Waals surface area (Å²) in [6, 6.07) is 3.87. The van der Waals surface area contributed by atoms with Gasteiger partial charge in [-0.3, -0.25) is 38.5 Å². The molecule has 0 bridgehead atoms. The van der Waals surface area contributed by atoms with Crippen molar-refractivity contribution in [3.63, 3.8) is 0 Å². The van der Waals surface area contributed by atoms with Crippen LogP contribution in [0.15, 0.2) is 42.2 Å². The van der Waals surface area contributed by atoms with Crippen LogP contribution >= 0.6 is 0 Å². The number of hydrogen-bond acceptors (Lipinski definition) is 10. The minimum Gasteiger partial charge on any atom is -0.499 e. The highest BCUT2D eigenvalue weighted by Crippen LogP contribution is 2.30. The number of benzene rings is 1. The first kappa shape index (κ1) is 53.3. The summed E-state index contributed by atoms with van der Waals surface area (Å²) in [7, 11) is 2.98. The average Bonchev–Trinajstić information content (AvgIpc) is 4.04. The molecule has 2 saturated heterocycles. The molecular weight excluding hydrogens is 845 g/mol. The molecule has 3 heterocycles. The van der Waals surface area contributed by atoms with Crippen LogP contribution < -0.4 is 10.6 Å². The molecule has 3 aliphatic heterocycles. The second-order valence-corrected chi connectivity index (χ2v) is 19.6. The van der Waals surface area contributed by atoms with Gasteiger partial charge in [0.2, 0.25) is 29.5 Å². The van der Waals surface area contributed by atoms with Crippen molar-refractivity contribution in [3.05, 3.63) is 47.7 Å². The summed E-state index contributed by atoms with van der Waals surface area (Å²) in [5.74, 6) is -4.87. The van der Waals surface area contributed by atoms with Crippen molar-refractivity contribution < 1.29 is 47.8 Å². The zero-order valence-electron chi connectivity index (χ0n) is 41.2. The first-order valence-corrected chi connectivity index (χ1v) is 24.1. The fraction of sp³-hybridized carbons (Fsp3) is 0.680. The number of likely N-dealkylation sites (N-methyl/N-ethyl adjacent to an activating group) is 1. The number of carbonyl (C=O) groups is 8. The zero-order chi connectivity index (χ0) is 49.0. The molecule has 0 aliphatic carbocycles. The Bertz CT molecular complexity index is 1920. The van der Waals surface area contributed by atoms with Gasteiger partial charge in [-0.1, -0.05) is 105 Å². The van der Waals surface area contributed by atoms with E-state index in [9.17, 15) is 38.4 Å². The maximum Gasteiger partial charge on any atom is 0.329 e. The number of rotatable bonds is 22. The Labute approximate surface area is 391 Å². The predicted molar refractivity (Wildman–Crippen MR) is 249 cm³/mol. The molecule has 0 radical (unpaired) electrons. The Kier molecular flexibility index (Phi) is 19.8. The summed E-state index contributed by atoms with van der Waals surface area (Å²) >= 11 is 0. The van der Waals surface area contributed by atoms with E-state index in [1.807, 2.05) is 65.0 Å². The minimum absolute atomic E-state index is 0.0260. The molecule has 7 amide bonds. The molecule has 16 nitrogen and oxygen atoms in total. The summed E-state index contributed by atoms with van der Waals surface area (Å²) in [6.07, 6.45) is 5.05. The van der Waals surface area contributed by atoms with E-state index in [2.05, 4.69) is 10.6 Å². The molecule has 3 aliphatic rings. The third-order valence-electron chi connectivity index (χ3n) is 12.9. The lowest BCUT2D eigenvalue weighted by atomic mass is 9.96. The third-order valence-corrected chi connectivity index (χ3v) is 12.9. The van der Waals surface area contributed by atoms with Gasteiger partial charge in [0, 0.05) is 39.1 Å². The number of nitrogens with one attached hydrogen (secondary N) is 2. The third kappa shape index (κ3) is 13.2. The van der Waals surface area contributed by atoms with Gasteiger partial charge in [-0.05, 0) is 67.8 Å². The summed E-state index contributed by atoms with van der Waals surface area (Å²) in [5, 5.41) is 5.73. The van der Waals surface area contributed by atoms with Crippen LogP contribution in [0.25, 0.3) is 0 Å². The van der Waals surface area contributed by atoms with Crippen LogP contribution in [-0.2, 0) is 54.3 Å². The van der Waals surface area contributed by atoms with Crippen LogP contribution in [0.3, 0.4) is 0 Å². The topological polar surface area (TPSA) is 192 Å². The number of methoxy groups -OCH3 is 1. The van der Waals surface area contributed by atoms with Crippen molar-refractivity contribution in [1.82, 2.24) is 30.2 Å². The molecule has 366 valence electrons. The van der Waals surface area contributed by atoms with Crippen LogP contribution in [0.1, 0.15) is 126 Å². The van der Waals surface area contributed by atoms with Crippen LogP contribution in [0.2, 0.25) is 0 Å². The minimum atomic E-state index is -1.33. The molecular formula is C50H76N6O10. The standard InChI is InChI=1S/C50H76N6O10/c1-12-13-15-24-40(57)51-42(31(4)5)45(59)52-43(32(6)7)48(62)53(10)38(27-30(2)3)47(61)54-25-18-22-35(54)46(60)55-26-19-23-36(55)50(64)66-44(33(8)9)49(63)56-37(39(65-11)29-41(56)58)28-34-20-16-14-17-21-34/h14,16-17,20-21,29-33,35-38,42-44H,12-13,15,18-19,22-28H2,1-11H3,(H,51,57)(H,52,59)/t35-,36-,37-,38-,42-,43-,44-/m0/s1. The molecule has 0 spiro atoms. The molecule has 0 saturated carbocycles. The van der Waals surface area contributed by atoms with Crippen molar-refractivity contribution in [2.75, 3.05) is 27.2 Å². The largest absolute Gasteiger partial charge is 0.499 e. The van der Waals surface area contributed by atoms with Gasteiger partial charge in [0.25, 0.3) is 11.8 Å². The highest BCUT2D eigenvalue weighted by Gasteiger charge is 2.48. The van der Waals surface area contributed by atoms with Gasteiger partial charge in [-0.25, -0.2) is 4.79 Å². The number of hydrogen-bond donors (Lipinski definition) is 2. The molecule has 16 heteroatoms. The highest BCUT2D eigenvalue weighted by atomic mass is 16.6. The summed E-state index contributed by atoms with van der Waals surface area (Å²) in [6.45, 7) is 17.1. The molecule has 1 aromatic carbocycles. The lowest BCUT2D eigenvalue weighted by Crippen LogP contribution is -2.60. The average molecular weight is 921 g/mol. The molecule has 7 atom stereocenters. The van der Waals surface area contributed by atoms with Crippen molar-refractivity contribution >= 4 is 47.3 Å². The molecule has 66 heavy (non-hydrogen) atoms. The van der Waals surface area contributed by atoms with Gasteiger partial charge >= 0.3 is 5.97 Å². The SMILES string of the molecule is CCCCCC(=O)N[C@H](C(=O)N[C@H](C(=O)N(C)[C@@H](CC(C)C)C(=O)N1CCC[C@H]1C(=O)N1CCC[C@H]1C(=O)O[C@H](C(=O)N1C(=O)C=C(OC)[C@@H]1Cc1ccccc1)C(C)C)C(C)C)C(C)C. The molecule has 0 aromatic heterocycles. The molecule has 2 fully saturated rings. The quantitative estimate of drug-likeness (QED) is 0.121. The van der Waals surface area contributed by atoms with E-state index >= 15 is 0 Å². The van der Waals surface area contributed by atoms with E-state index in [1.165, 1.54) is 27.9 Å². The number of imide groups is 1. The molecule has 1 aromatic rings. The fourth-order valence-electron chi connectivity index (χ4n) is 9.13. The van der Waals surface area contributed by atoms with Crippen molar-refractivity contribution in [2.45, 2.75) is 169 Å². The second-order valence-electron chi connectivity index (χ2n) is 19.6. The number of esters is 1. The lowest BCUT2D eigenvalue weighted by Gasteiger charge is -2.37. The number of unbranched alkanes of at least 4 members (excludes halogenated alkanes) is 2. The Hall–Kier alpha value is -5.28. The highest BCUT2D eigenvalue weighted by molar-refractivity contribution is 6.06. The maximum absolute atomic E-state index is 14.7. The van der Waals surface area contributed by atoms with Gasteiger partial charge in [0.1, 0.15) is 42.0 Å². The molecule has 0 unspecified atom stereocenters. The normalized spacial score (nSPS) is 20.3. The first-order valence-electron chi connectivity index (χ1n) is 24.1. The van der Waals surface area contributed by atoms with Gasteiger partial charge in [-0.2, -0.15) is 0 Å². The zero-order valence-corrected chi connectivity index (χ0v) is 41.2. The predicted octanol–water partition coefficient (Wildman–Crippen LogP) is 4.78. The van der Waals surface area contributed by atoms with Crippen LogP contribution in [0.5, 0.6) is 0 Å². The van der Waals surface area contributed by atoms with E-state index in [4.69, 9.17) is 9.47 Å². The van der Waals surface area contributed by atoms with E-state index in [0.717, 1.165) is 23.3 Å². The van der Waals surface area contributed by atoms with Gasteiger partial charge in [0.15, 0.2) is 6.10 Å². The Balaban J connectivity index is 1.50. The van der Waals surface area contributed by atoms with Crippen LogP contribution in [-0.4, -0.2) is 137 Å². The Morgan fingerprint density at radius 2 is 1.41 bits per heavy atom. The summed E-state index contributed by atoms with van der Waals surface area (Å²) in [5.41, 5.74) is 0.879. The number of likely N-dealkylation sites (tertiary alicyclic amines) is 2. The van der Waals surface area contributed by atoms with E-state index < -0.39 is 89.7 Å². The summed E-state index contributed by atoms with van der Waals surface area (Å²) in [4.78, 5) is 117. The first-order chi connectivity index (χ1) is 31.2. The van der Waals surface area contributed by atoms with E-state index in [-0.39, 0.29) is 49.6 Å². The number of amides is 7. The number of carbonyl (C=O) groups excluding carboxylic acids is 8. The lowest BCUT2D eigenvalue weighted by molar-refractivity contribution is -0.170. The molecule has 2 N–H and O–H groups in total. The number of ether oxygens (including phenoxy) is 2. The van der Waals surface area contributed by atoms with Gasteiger partial charge < -0.3 is 34.8 Å². The maximum atomic E-state index is 14.7. The van der Waals surface area contributed by atoms with E-state index in [0.29, 0.717) is 44.3 Å². The monoisotopic (exact) mass is 921 g/mol.